The number of para-hydroxylation sites is 1. The molecule has 0 radical (unpaired) electrons. The molecular weight excluding hydrogens is 284 g/mol. The molecule has 0 amide bonds. The van der Waals surface area contributed by atoms with E-state index in [1.54, 1.807) is 6.20 Å². The summed E-state index contributed by atoms with van der Waals surface area (Å²) in [7, 11) is 0. The van der Waals surface area contributed by atoms with Gasteiger partial charge >= 0.3 is 0 Å². The van der Waals surface area contributed by atoms with Crippen molar-refractivity contribution >= 4 is 22.5 Å². The maximum Gasteiger partial charge on any atom is 0.165 e. The average molecular weight is 298 g/mol. The van der Waals surface area contributed by atoms with Crippen LogP contribution in [0.5, 0.6) is 0 Å². The van der Waals surface area contributed by atoms with E-state index in [1.807, 2.05) is 72.8 Å². The topological polar surface area (TPSA) is 50.7 Å². The minimum Gasteiger partial charge on any atom is -0.340 e. The van der Waals surface area contributed by atoms with Crippen molar-refractivity contribution in [3.63, 3.8) is 0 Å². The molecule has 0 saturated carbocycles. The lowest BCUT2D eigenvalue weighted by molar-refractivity contribution is 1.19. The van der Waals surface area contributed by atoms with Crippen molar-refractivity contribution < 1.29 is 0 Å². The average Bonchev–Trinajstić information content (AvgIpc) is 2.63. The molecule has 4 heteroatoms. The molecule has 0 bridgehead atoms. The van der Waals surface area contributed by atoms with Crippen molar-refractivity contribution in [2.75, 3.05) is 5.32 Å². The fourth-order valence-corrected chi connectivity index (χ4v) is 2.43. The molecular formula is C19H14N4. The van der Waals surface area contributed by atoms with Gasteiger partial charge in [0.25, 0.3) is 0 Å². The third-order valence-electron chi connectivity index (χ3n) is 3.54. The third kappa shape index (κ3) is 2.74. The molecule has 0 saturated heterocycles. The van der Waals surface area contributed by atoms with E-state index >= 15 is 0 Å². The Labute approximate surface area is 133 Å². The second-order valence-corrected chi connectivity index (χ2v) is 5.13. The van der Waals surface area contributed by atoms with E-state index in [9.17, 15) is 0 Å². The molecule has 110 valence electrons. The molecule has 23 heavy (non-hydrogen) atoms. The first-order valence-electron chi connectivity index (χ1n) is 7.40. The summed E-state index contributed by atoms with van der Waals surface area (Å²) in [5.41, 5.74) is 2.63. The number of aromatic nitrogens is 3. The van der Waals surface area contributed by atoms with Crippen LogP contribution in [-0.4, -0.2) is 15.0 Å². The van der Waals surface area contributed by atoms with Gasteiger partial charge in [0, 0.05) is 17.4 Å². The molecule has 0 aliphatic carbocycles. The van der Waals surface area contributed by atoms with Crippen LogP contribution in [0.4, 0.5) is 11.5 Å². The van der Waals surface area contributed by atoms with Crippen LogP contribution in [0.25, 0.3) is 22.4 Å². The number of rotatable bonds is 3. The highest BCUT2D eigenvalue weighted by Gasteiger charge is 2.10. The van der Waals surface area contributed by atoms with Crippen molar-refractivity contribution in [1.29, 1.82) is 0 Å². The third-order valence-corrected chi connectivity index (χ3v) is 3.54. The second kappa shape index (κ2) is 5.85. The summed E-state index contributed by atoms with van der Waals surface area (Å²) in [6.07, 6.45) is 1.75. The number of nitrogens with one attached hydrogen (secondary N) is 1. The van der Waals surface area contributed by atoms with Crippen molar-refractivity contribution in [3.05, 3.63) is 79.0 Å². The zero-order valence-electron chi connectivity index (χ0n) is 12.3. The molecule has 4 rings (SSSR count). The molecule has 1 N–H and O–H groups in total. The Morgan fingerprint density at radius 2 is 1.43 bits per heavy atom. The highest BCUT2D eigenvalue weighted by molar-refractivity contribution is 5.89. The van der Waals surface area contributed by atoms with Crippen LogP contribution in [0.1, 0.15) is 0 Å². The maximum atomic E-state index is 4.70. The zero-order valence-corrected chi connectivity index (χ0v) is 12.3. The number of hydrogen-bond donors (Lipinski definition) is 1. The molecule has 4 aromatic rings. The van der Waals surface area contributed by atoms with Gasteiger partial charge in [-0.3, -0.25) is 0 Å². The van der Waals surface area contributed by atoms with Crippen LogP contribution in [0, 0.1) is 0 Å². The Bertz CT molecular complexity index is 937. The van der Waals surface area contributed by atoms with Crippen molar-refractivity contribution in [2.45, 2.75) is 0 Å². The summed E-state index contributed by atoms with van der Waals surface area (Å²) in [5, 5.41) is 4.27. The molecule has 4 nitrogen and oxygen atoms in total. The van der Waals surface area contributed by atoms with Gasteiger partial charge in [0.15, 0.2) is 11.5 Å². The predicted octanol–water partition coefficient (Wildman–Crippen LogP) is 4.44. The standard InChI is InChI=1S/C19H14N4/c1-3-8-14(9-4-1)17-22-18-16(12-7-13-20-18)19(23-17)21-15-10-5-2-6-11-15/h1-13H,(H,20,21,22,23). The van der Waals surface area contributed by atoms with Gasteiger partial charge in [-0.25, -0.2) is 15.0 Å². The molecule has 2 aromatic heterocycles. The van der Waals surface area contributed by atoms with Gasteiger partial charge in [-0.05, 0) is 24.3 Å². The molecule has 0 spiro atoms. The minimum absolute atomic E-state index is 0.662. The van der Waals surface area contributed by atoms with E-state index in [-0.39, 0.29) is 0 Å². The van der Waals surface area contributed by atoms with E-state index in [0.717, 1.165) is 22.5 Å². The Hall–Kier alpha value is -3.27. The van der Waals surface area contributed by atoms with E-state index in [1.165, 1.54) is 0 Å². The molecule has 0 unspecified atom stereocenters. The quantitative estimate of drug-likeness (QED) is 0.607. The summed E-state index contributed by atoms with van der Waals surface area (Å²) in [4.78, 5) is 13.7. The number of pyridine rings is 1. The van der Waals surface area contributed by atoms with Crippen LogP contribution in [0.2, 0.25) is 0 Å². The van der Waals surface area contributed by atoms with Gasteiger partial charge in [0.2, 0.25) is 0 Å². The molecule has 0 atom stereocenters. The van der Waals surface area contributed by atoms with Gasteiger partial charge in [0.05, 0.1) is 5.39 Å². The lowest BCUT2D eigenvalue weighted by Gasteiger charge is -2.10. The van der Waals surface area contributed by atoms with E-state index in [4.69, 9.17) is 4.98 Å². The van der Waals surface area contributed by atoms with Gasteiger partial charge < -0.3 is 5.32 Å². The first-order chi connectivity index (χ1) is 11.4. The highest BCUT2D eigenvalue weighted by atomic mass is 15.1. The van der Waals surface area contributed by atoms with Gasteiger partial charge in [0.1, 0.15) is 5.82 Å². The van der Waals surface area contributed by atoms with Crippen LogP contribution >= 0.6 is 0 Å². The van der Waals surface area contributed by atoms with Crippen LogP contribution < -0.4 is 5.32 Å². The Kier molecular flexibility index (Phi) is 3.41. The number of nitrogens with zero attached hydrogens (tertiary/aromatic N) is 3. The number of benzene rings is 2. The zero-order chi connectivity index (χ0) is 15.5. The molecule has 0 fully saturated rings. The second-order valence-electron chi connectivity index (χ2n) is 5.13. The van der Waals surface area contributed by atoms with Crippen LogP contribution in [0.15, 0.2) is 79.0 Å². The van der Waals surface area contributed by atoms with E-state index < -0.39 is 0 Å². The van der Waals surface area contributed by atoms with Crippen molar-refractivity contribution in [1.82, 2.24) is 15.0 Å². The van der Waals surface area contributed by atoms with Crippen molar-refractivity contribution in [2.24, 2.45) is 0 Å². The molecule has 0 aliphatic heterocycles. The van der Waals surface area contributed by atoms with Gasteiger partial charge in [-0.1, -0.05) is 48.5 Å². The van der Waals surface area contributed by atoms with Crippen LogP contribution in [-0.2, 0) is 0 Å². The first kappa shape index (κ1) is 13.4. The molecule has 2 heterocycles. The van der Waals surface area contributed by atoms with Crippen LogP contribution in [0.3, 0.4) is 0 Å². The SMILES string of the molecule is c1ccc(Nc2nc(-c3ccccc3)nc3ncccc23)cc1. The molecule has 2 aromatic carbocycles. The number of hydrogen-bond acceptors (Lipinski definition) is 4. The van der Waals surface area contributed by atoms with E-state index in [0.29, 0.717) is 11.5 Å². The lowest BCUT2D eigenvalue weighted by atomic mass is 10.2. The Morgan fingerprint density at radius 3 is 2.22 bits per heavy atom. The predicted molar refractivity (Wildman–Crippen MR) is 92.5 cm³/mol. The minimum atomic E-state index is 0.662. The smallest absolute Gasteiger partial charge is 0.165 e. The lowest BCUT2D eigenvalue weighted by Crippen LogP contribution is -2.00. The van der Waals surface area contributed by atoms with Crippen molar-refractivity contribution in [3.8, 4) is 11.4 Å². The molecule has 0 aliphatic rings. The summed E-state index contributed by atoms with van der Waals surface area (Å²) in [5.74, 6) is 1.42. The summed E-state index contributed by atoms with van der Waals surface area (Å²) in [6.45, 7) is 0. The summed E-state index contributed by atoms with van der Waals surface area (Å²) >= 11 is 0. The van der Waals surface area contributed by atoms with Gasteiger partial charge in [-0.2, -0.15) is 0 Å². The summed E-state index contributed by atoms with van der Waals surface area (Å²) < 4.78 is 0. The monoisotopic (exact) mass is 298 g/mol. The summed E-state index contributed by atoms with van der Waals surface area (Å²) in [6, 6.07) is 23.8. The largest absolute Gasteiger partial charge is 0.340 e. The Balaban J connectivity index is 1.87. The first-order valence-corrected chi connectivity index (χ1v) is 7.40. The fourth-order valence-electron chi connectivity index (χ4n) is 2.43. The number of fused-ring (bicyclic) bond motifs is 1. The normalized spacial score (nSPS) is 10.6. The maximum absolute atomic E-state index is 4.70. The Morgan fingerprint density at radius 1 is 0.696 bits per heavy atom. The fraction of sp³-hybridized carbons (Fsp3) is 0. The number of anilines is 2. The van der Waals surface area contributed by atoms with E-state index in [2.05, 4.69) is 15.3 Å². The van der Waals surface area contributed by atoms with Gasteiger partial charge in [-0.15, -0.1) is 0 Å². The highest BCUT2D eigenvalue weighted by Crippen LogP contribution is 2.26.